The van der Waals surface area contributed by atoms with E-state index >= 15 is 0 Å². The molecule has 0 aliphatic rings. The number of aromatic nitrogens is 1. The van der Waals surface area contributed by atoms with Crippen LogP contribution in [0.2, 0.25) is 0 Å². The van der Waals surface area contributed by atoms with Gasteiger partial charge in [-0.25, -0.2) is 9.78 Å². The number of esters is 1. The Bertz CT molecular complexity index is 538. The third-order valence-corrected chi connectivity index (χ3v) is 3.76. The molecule has 4 heteroatoms. The van der Waals surface area contributed by atoms with Gasteiger partial charge in [0.2, 0.25) is 0 Å². The first-order valence-electron chi connectivity index (χ1n) is 9.09. The Morgan fingerprint density at radius 2 is 1.79 bits per heavy atom. The Balaban J connectivity index is 2.45. The number of carbonyl (C=O) groups is 1. The second-order valence-electron chi connectivity index (χ2n) is 7.41. The maximum atomic E-state index is 12.0. The van der Waals surface area contributed by atoms with Gasteiger partial charge in [-0.2, -0.15) is 0 Å². The van der Waals surface area contributed by atoms with Gasteiger partial charge in [-0.3, -0.25) is 0 Å². The minimum atomic E-state index is -0.518. The quantitative estimate of drug-likeness (QED) is 0.329. The summed E-state index contributed by atoms with van der Waals surface area (Å²) in [6.07, 6.45) is 8.78. The molecule has 0 aliphatic carbocycles. The highest BCUT2D eigenvalue weighted by molar-refractivity contribution is 5.88. The Morgan fingerprint density at radius 1 is 1.17 bits per heavy atom. The highest BCUT2D eigenvalue weighted by atomic mass is 16.6. The number of carbonyl (C=O) groups excluding carboxylic acids is 1. The smallest absolute Gasteiger partial charge is 0.334 e. The molecular formula is C20H33NO3. The first-order chi connectivity index (χ1) is 11.2. The van der Waals surface area contributed by atoms with E-state index in [1.807, 2.05) is 27.7 Å². The molecule has 0 saturated carbocycles. The van der Waals surface area contributed by atoms with Crippen molar-refractivity contribution in [2.75, 3.05) is 0 Å². The van der Waals surface area contributed by atoms with Crippen molar-refractivity contribution in [1.82, 2.24) is 4.98 Å². The molecule has 0 atom stereocenters. The highest BCUT2D eigenvalue weighted by Crippen LogP contribution is 2.18. The van der Waals surface area contributed by atoms with E-state index in [-0.39, 0.29) is 0 Å². The van der Waals surface area contributed by atoms with E-state index in [0.717, 1.165) is 24.3 Å². The summed E-state index contributed by atoms with van der Waals surface area (Å²) in [5, 5.41) is 0. The number of ether oxygens (including phenoxy) is 1. The fraction of sp³-hybridized carbons (Fsp3) is 0.700. The lowest BCUT2D eigenvalue weighted by atomic mass is 10.1. The molecular weight excluding hydrogens is 302 g/mol. The average molecular weight is 335 g/mol. The predicted molar refractivity (Wildman–Crippen MR) is 97.0 cm³/mol. The molecule has 0 N–H and O–H groups in total. The molecule has 24 heavy (non-hydrogen) atoms. The van der Waals surface area contributed by atoms with Gasteiger partial charge in [-0.05, 0) is 40.5 Å². The summed E-state index contributed by atoms with van der Waals surface area (Å²) in [4.78, 5) is 16.5. The number of oxazole rings is 1. The van der Waals surface area contributed by atoms with Crippen LogP contribution in [0, 0.1) is 6.92 Å². The lowest BCUT2D eigenvalue weighted by molar-refractivity contribution is -0.150. The zero-order valence-corrected chi connectivity index (χ0v) is 16.0. The van der Waals surface area contributed by atoms with Crippen molar-refractivity contribution in [2.24, 2.45) is 0 Å². The molecule has 1 aromatic heterocycles. The Morgan fingerprint density at radius 3 is 2.42 bits per heavy atom. The lowest BCUT2D eigenvalue weighted by Gasteiger charge is -2.19. The zero-order valence-electron chi connectivity index (χ0n) is 16.0. The van der Waals surface area contributed by atoms with E-state index < -0.39 is 11.6 Å². The summed E-state index contributed by atoms with van der Waals surface area (Å²) >= 11 is 0. The van der Waals surface area contributed by atoms with Crippen molar-refractivity contribution in [2.45, 2.75) is 91.6 Å². The van der Waals surface area contributed by atoms with E-state index in [1.54, 1.807) is 0 Å². The van der Waals surface area contributed by atoms with E-state index in [4.69, 9.17) is 9.15 Å². The SMILES string of the molecule is C=C(Cc1nc(CCCCCCCC)c(C)o1)C(=O)OC(C)(C)C. The summed E-state index contributed by atoms with van der Waals surface area (Å²) in [7, 11) is 0. The molecule has 1 heterocycles. The third kappa shape index (κ3) is 7.80. The van der Waals surface area contributed by atoms with Crippen molar-refractivity contribution in [1.29, 1.82) is 0 Å². The summed E-state index contributed by atoms with van der Waals surface area (Å²) in [5.41, 5.74) is 0.852. The highest BCUT2D eigenvalue weighted by Gasteiger charge is 2.20. The standard InChI is InChI=1S/C20H33NO3/c1-7-8-9-10-11-12-13-17-16(3)23-18(21-17)14-15(2)19(22)24-20(4,5)6/h2,7-14H2,1,3-6H3. The van der Waals surface area contributed by atoms with Gasteiger partial charge in [0.05, 0.1) is 12.1 Å². The zero-order chi connectivity index (χ0) is 18.2. The van der Waals surface area contributed by atoms with Crippen LogP contribution in [-0.2, 0) is 22.4 Å². The predicted octanol–water partition coefficient (Wildman–Crippen LogP) is 5.33. The molecule has 0 bridgehead atoms. The van der Waals surface area contributed by atoms with Crippen LogP contribution in [0.1, 0.15) is 83.6 Å². The molecule has 1 rings (SSSR count). The molecule has 0 aromatic carbocycles. The molecule has 0 fully saturated rings. The van der Waals surface area contributed by atoms with E-state index in [0.29, 0.717) is 17.9 Å². The van der Waals surface area contributed by atoms with Crippen molar-refractivity contribution in [3.05, 3.63) is 29.5 Å². The normalized spacial score (nSPS) is 11.5. The molecule has 136 valence electrons. The number of rotatable bonds is 10. The first-order valence-corrected chi connectivity index (χ1v) is 9.09. The van der Waals surface area contributed by atoms with Crippen molar-refractivity contribution in [3.63, 3.8) is 0 Å². The number of aryl methyl sites for hydroxylation is 2. The second-order valence-corrected chi connectivity index (χ2v) is 7.41. The summed E-state index contributed by atoms with van der Waals surface area (Å²) in [6, 6.07) is 0. The Kier molecular flexibility index (Phi) is 8.23. The van der Waals surface area contributed by atoms with Gasteiger partial charge in [0.1, 0.15) is 11.4 Å². The first kappa shape index (κ1) is 20.5. The molecule has 0 aliphatic heterocycles. The molecule has 0 unspecified atom stereocenters. The van der Waals surface area contributed by atoms with Crippen LogP contribution in [0.3, 0.4) is 0 Å². The van der Waals surface area contributed by atoms with Gasteiger partial charge in [0, 0.05) is 5.57 Å². The van der Waals surface area contributed by atoms with E-state index in [1.165, 1.54) is 32.1 Å². The van der Waals surface area contributed by atoms with Crippen molar-refractivity contribution >= 4 is 5.97 Å². The number of hydrogen-bond donors (Lipinski definition) is 0. The van der Waals surface area contributed by atoms with Crippen molar-refractivity contribution in [3.8, 4) is 0 Å². The maximum Gasteiger partial charge on any atom is 0.334 e. The summed E-state index contributed by atoms with van der Waals surface area (Å²) in [6.45, 7) is 13.5. The molecule has 0 radical (unpaired) electrons. The van der Waals surface area contributed by atoms with Gasteiger partial charge in [-0.15, -0.1) is 0 Å². The number of nitrogens with zero attached hydrogens (tertiary/aromatic N) is 1. The molecule has 1 aromatic rings. The number of hydrogen-bond acceptors (Lipinski definition) is 4. The van der Waals surface area contributed by atoms with Gasteiger partial charge >= 0.3 is 5.97 Å². The van der Waals surface area contributed by atoms with Gasteiger partial charge in [0.15, 0.2) is 5.89 Å². The van der Waals surface area contributed by atoms with Crippen LogP contribution in [0.25, 0.3) is 0 Å². The van der Waals surface area contributed by atoms with Gasteiger partial charge < -0.3 is 9.15 Å². The minimum absolute atomic E-state index is 0.298. The Labute approximate surface area is 146 Å². The van der Waals surface area contributed by atoms with Gasteiger partial charge in [0.25, 0.3) is 0 Å². The average Bonchev–Trinajstić information content (AvgIpc) is 2.80. The van der Waals surface area contributed by atoms with Crippen LogP contribution < -0.4 is 0 Å². The third-order valence-electron chi connectivity index (χ3n) is 3.76. The van der Waals surface area contributed by atoms with E-state index in [9.17, 15) is 4.79 Å². The summed E-state index contributed by atoms with van der Waals surface area (Å²) < 4.78 is 11.0. The fourth-order valence-electron chi connectivity index (χ4n) is 2.47. The molecule has 0 saturated heterocycles. The largest absolute Gasteiger partial charge is 0.457 e. The summed E-state index contributed by atoms with van der Waals surface area (Å²) in [5.74, 6) is 0.996. The van der Waals surface area contributed by atoms with Crippen LogP contribution in [-0.4, -0.2) is 16.6 Å². The van der Waals surface area contributed by atoms with Crippen LogP contribution in [0.5, 0.6) is 0 Å². The maximum absolute atomic E-state index is 12.0. The molecule has 0 amide bonds. The Hall–Kier alpha value is -1.58. The van der Waals surface area contributed by atoms with Crippen molar-refractivity contribution < 1.29 is 13.9 Å². The lowest BCUT2D eigenvalue weighted by Crippen LogP contribution is -2.25. The number of unbranched alkanes of at least 4 members (excludes halogenated alkanes) is 5. The fourth-order valence-corrected chi connectivity index (χ4v) is 2.47. The van der Waals surface area contributed by atoms with Crippen LogP contribution >= 0.6 is 0 Å². The monoisotopic (exact) mass is 335 g/mol. The molecule has 0 spiro atoms. The second kappa shape index (κ2) is 9.65. The van der Waals surface area contributed by atoms with E-state index in [2.05, 4.69) is 18.5 Å². The topological polar surface area (TPSA) is 52.3 Å². The minimum Gasteiger partial charge on any atom is -0.457 e. The van der Waals surface area contributed by atoms with Gasteiger partial charge in [-0.1, -0.05) is 45.6 Å². The van der Waals surface area contributed by atoms with Crippen LogP contribution in [0.15, 0.2) is 16.6 Å². The molecule has 4 nitrogen and oxygen atoms in total. The van der Waals surface area contributed by atoms with Crippen LogP contribution in [0.4, 0.5) is 0 Å².